The van der Waals surface area contributed by atoms with Gasteiger partial charge in [0.05, 0.1) is 19.6 Å². The number of hydrogen-bond acceptors (Lipinski definition) is 3. The number of guanidine groups is 1. The van der Waals surface area contributed by atoms with E-state index in [1.54, 1.807) is 6.20 Å². The Bertz CT molecular complexity index is 1000. The number of benzene rings is 2. The first-order valence-corrected chi connectivity index (χ1v) is 10.6. The highest BCUT2D eigenvalue weighted by Crippen LogP contribution is 2.12. The van der Waals surface area contributed by atoms with Crippen LogP contribution in [-0.4, -0.2) is 34.7 Å². The number of aromatic nitrogens is 2. The summed E-state index contributed by atoms with van der Waals surface area (Å²) in [6.07, 6.45) is 4.65. The van der Waals surface area contributed by atoms with E-state index < -0.39 is 0 Å². The lowest BCUT2D eigenvalue weighted by atomic mass is 10.1. The number of rotatable bonds is 9. The van der Waals surface area contributed by atoms with Gasteiger partial charge in [0.1, 0.15) is 0 Å². The maximum Gasteiger partial charge on any atom is 0.243 e. The van der Waals surface area contributed by atoms with Gasteiger partial charge in [-0.1, -0.05) is 43.3 Å². The summed E-state index contributed by atoms with van der Waals surface area (Å²) in [4.78, 5) is 17.0. The molecule has 0 bridgehead atoms. The van der Waals surface area contributed by atoms with Gasteiger partial charge in [-0.2, -0.15) is 5.10 Å². The molecule has 0 aliphatic carbocycles. The van der Waals surface area contributed by atoms with E-state index in [-0.39, 0.29) is 36.4 Å². The number of hydrogen-bond donors (Lipinski definition) is 3. The van der Waals surface area contributed by atoms with Crippen molar-refractivity contribution in [1.29, 1.82) is 0 Å². The van der Waals surface area contributed by atoms with E-state index in [1.807, 2.05) is 60.3 Å². The Morgan fingerprint density at radius 1 is 1.03 bits per heavy atom. The minimum atomic E-state index is -0.113. The van der Waals surface area contributed by atoms with Crippen molar-refractivity contribution in [2.45, 2.75) is 33.4 Å². The van der Waals surface area contributed by atoms with Crippen molar-refractivity contribution in [1.82, 2.24) is 20.4 Å². The third kappa shape index (κ3) is 7.99. The molecule has 0 unspecified atom stereocenters. The molecule has 3 rings (SSSR count). The van der Waals surface area contributed by atoms with Crippen molar-refractivity contribution in [2.24, 2.45) is 4.99 Å². The summed E-state index contributed by atoms with van der Waals surface area (Å²) < 4.78 is 1.89. The fourth-order valence-electron chi connectivity index (χ4n) is 3.18. The smallest absolute Gasteiger partial charge is 0.243 e. The fraction of sp³-hybridized carbons (Fsp3) is 0.292. The second kappa shape index (κ2) is 13.5. The summed E-state index contributed by atoms with van der Waals surface area (Å²) in [5.74, 6) is 0.492. The van der Waals surface area contributed by atoms with Crippen molar-refractivity contribution in [3.63, 3.8) is 0 Å². The van der Waals surface area contributed by atoms with Crippen LogP contribution >= 0.6 is 24.0 Å². The van der Waals surface area contributed by atoms with Gasteiger partial charge in [-0.3, -0.25) is 9.48 Å². The molecule has 170 valence electrons. The predicted molar refractivity (Wildman–Crippen MR) is 140 cm³/mol. The van der Waals surface area contributed by atoms with E-state index >= 15 is 0 Å². The second-order valence-electron chi connectivity index (χ2n) is 7.12. The maximum absolute atomic E-state index is 12.4. The number of aryl methyl sites for hydroxylation is 1. The number of carbonyl (C=O) groups excluding carboxylic acids is 1. The number of amides is 1. The van der Waals surface area contributed by atoms with Gasteiger partial charge in [-0.15, -0.1) is 24.0 Å². The van der Waals surface area contributed by atoms with Gasteiger partial charge in [0, 0.05) is 24.6 Å². The van der Waals surface area contributed by atoms with E-state index in [0.29, 0.717) is 25.6 Å². The highest BCUT2D eigenvalue weighted by atomic mass is 127. The quantitative estimate of drug-likeness (QED) is 0.217. The summed E-state index contributed by atoms with van der Waals surface area (Å²) >= 11 is 0. The molecule has 0 atom stereocenters. The number of anilines is 1. The molecule has 1 heterocycles. The summed E-state index contributed by atoms with van der Waals surface area (Å²) in [6, 6.07) is 18.0. The third-order valence-corrected chi connectivity index (χ3v) is 4.80. The van der Waals surface area contributed by atoms with Crippen LogP contribution in [0.2, 0.25) is 0 Å². The first-order valence-electron chi connectivity index (χ1n) is 10.6. The van der Waals surface area contributed by atoms with Gasteiger partial charge in [0.2, 0.25) is 5.91 Å². The standard InChI is InChI=1S/C24H30N6O.HI/c1-3-19-9-7-12-22(15-19)29-23(31)17-27-24(25-4-2)26-16-20-10-5-6-11-21(20)18-30-14-8-13-28-30;/h5-15H,3-4,16-18H2,1-2H3,(H,29,31)(H2,25,26,27);1H. The van der Waals surface area contributed by atoms with Gasteiger partial charge in [-0.05, 0) is 48.2 Å². The van der Waals surface area contributed by atoms with Crippen molar-refractivity contribution in [2.75, 3.05) is 18.4 Å². The summed E-state index contributed by atoms with van der Waals surface area (Å²) in [6.45, 7) is 6.14. The van der Waals surface area contributed by atoms with Crippen LogP contribution in [0.25, 0.3) is 0 Å². The molecule has 0 spiro atoms. The van der Waals surface area contributed by atoms with Crippen molar-refractivity contribution in [3.05, 3.63) is 83.7 Å². The first-order chi connectivity index (χ1) is 15.2. The Morgan fingerprint density at radius 3 is 2.56 bits per heavy atom. The molecular weight excluding hydrogens is 515 g/mol. The molecule has 32 heavy (non-hydrogen) atoms. The molecule has 0 aliphatic rings. The van der Waals surface area contributed by atoms with Crippen LogP contribution in [0.5, 0.6) is 0 Å². The molecule has 0 saturated heterocycles. The second-order valence-corrected chi connectivity index (χ2v) is 7.12. The zero-order valence-electron chi connectivity index (χ0n) is 18.5. The van der Waals surface area contributed by atoms with Crippen molar-refractivity contribution < 1.29 is 4.79 Å². The van der Waals surface area contributed by atoms with Gasteiger partial charge in [0.15, 0.2) is 5.96 Å². The molecule has 0 saturated carbocycles. The van der Waals surface area contributed by atoms with Crippen LogP contribution in [0.4, 0.5) is 5.69 Å². The Hall–Kier alpha value is -2.88. The summed E-state index contributed by atoms with van der Waals surface area (Å²) in [5, 5.41) is 13.5. The molecule has 1 amide bonds. The van der Waals surface area contributed by atoms with Crippen LogP contribution in [0.1, 0.15) is 30.5 Å². The minimum Gasteiger partial charge on any atom is -0.357 e. The molecule has 0 aliphatic heterocycles. The minimum absolute atomic E-state index is 0. The topological polar surface area (TPSA) is 83.3 Å². The molecule has 2 aromatic carbocycles. The first kappa shape index (κ1) is 25.4. The van der Waals surface area contributed by atoms with Crippen LogP contribution in [-0.2, 0) is 24.3 Å². The van der Waals surface area contributed by atoms with E-state index in [2.05, 4.69) is 45.1 Å². The van der Waals surface area contributed by atoms with E-state index in [0.717, 1.165) is 17.7 Å². The van der Waals surface area contributed by atoms with Crippen molar-refractivity contribution >= 4 is 41.5 Å². The maximum atomic E-state index is 12.4. The van der Waals surface area contributed by atoms with Crippen LogP contribution < -0.4 is 16.0 Å². The monoisotopic (exact) mass is 546 g/mol. The molecule has 0 fully saturated rings. The van der Waals surface area contributed by atoms with Crippen LogP contribution in [0, 0.1) is 0 Å². The molecule has 0 radical (unpaired) electrons. The molecule has 8 heteroatoms. The van der Waals surface area contributed by atoms with Crippen LogP contribution in [0.3, 0.4) is 0 Å². The molecule has 3 aromatic rings. The number of nitrogens with zero attached hydrogens (tertiary/aromatic N) is 3. The summed E-state index contributed by atoms with van der Waals surface area (Å²) in [7, 11) is 0. The zero-order chi connectivity index (χ0) is 21.9. The number of nitrogens with one attached hydrogen (secondary N) is 3. The van der Waals surface area contributed by atoms with Gasteiger partial charge >= 0.3 is 0 Å². The highest BCUT2D eigenvalue weighted by molar-refractivity contribution is 14.0. The Morgan fingerprint density at radius 2 is 1.84 bits per heavy atom. The van der Waals surface area contributed by atoms with Crippen LogP contribution in [0.15, 0.2) is 72.0 Å². The summed E-state index contributed by atoms with van der Waals surface area (Å²) in [5.41, 5.74) is 4.28. The van der Waals surface area contributed by atoms with Gasteiger partial charge < -0.3 is 16.0 Å². The van der Waals surface area contributed by atoms with Gasteiger partial charge in [-0.25, -0.2) is 4.99 Å². The highest BCUT2D eigenvalue weighted by Gasteiger charge is 2.07. The SMILES string of the molecule is CCNC(=NCc1ccccc1Cn1cccn1)NCC(=O)Nc1cccc(CC)c1.I. The lowest BCUT2D eigenvalue weighted by Crippen LogP contribution is -2.41. The average molecular weight is 546 g/mol. The van der Waals surface area contributed by atoms with E-state index in [1.165, 1.54) is 11.1 Å². The number of carbonyl (C=O) groups is 1. The predicted octanol–water partition coefficient (Wildman–Crippen LogP) is 3.81. The fourth-order valence-corrected chi connectivity index (χ4v) is 3.18. The Kier molecular flexibility index (Phi) is 10.7. The Balaban J connectivity index is 0.00000363. The largest absolute Gasteiger partial charge is 0.357 e. The number of aliphatic imine (C=N–C) groups is 1. The lowest BCUT2D eigenvalue weighted by molar-refractivity contribution is -0.115. The molecule has 7 nitrogen and oxygen atoms in total. The zero-order valence-corrected chi connectivity index (χ0v) is 20.9. The third-order valence-electron chi connectivity index (χ3n) is 4.80. The molecular formula is C24H31IN6O. The van der Waals surface area contributed by atoms with Crippen molar-refractivity contribution in [3.8, 4) is 0 Å². The normalized spacial score (nSPS) is 10.9. The van der Waals surface area contributed by atoms with E-state index in [9.17, 15) is 4.79 Å². The van der Waals surface area contributed by atoms with E-state index in [4.69, 9.17) is 0 Å². The van der Waals surface area contributed by atoms with Gasteiger partial charge in [0.25, 0.3) is 0 Å². The Labute approximate surface area is 206 Å². The molecule has 3 N–H and O–H groups in total. The molecule has 1 aromatic heterocycles. The lowest BCUT2D eigenvalue weighted by Gasteiger charge is -2.13. The average Bonchev–Trinajstić information content (AvgIpc) is 3.30. The number of halogens is 1.